The highest BCUT2D eigenvalue weighted by Crippen LogP contribution is 2.34. The molecule has 4 heteroatoms. The Hall–Kier alpha value is -1.03. The van der Waals surface area contributed by atoms with Crippen molar-refractivity contribution in [1.82, 2.24) is 5.32 Å². The first-order valence-electron chi connectivity index (χ1n) is 6.75. The number of rotatable bonds is 4. The number of ether oxygens (including phenoxy) is 1. The normalized spacial score (nSPS) is 12.3. The summed E-state index contributed by atoms with van der Waals surface area (Å²) < 4.78 is 6.37. The molecule has 112 valence electrons. The van der Waals surface area contributed by atoms with Crippen LogP contribution in [0.3, 0.4) is 0 Å². The lowest BCUT2D eigenvalue weighted by Gasteiger charge is -2.22. The summed E-state index contributed by atoms with van der Waals surface area (Å²) in [4.78, 5) is 0. The van der Waals surface area contributed by atoms with E-state index in [0.29, 0.717) is 0 Å². The number of aryl methyl sites for hydroxylation is 2. The molecule has 2 aromatic carbocycles. The van der Waals surface area contributed by atoms with Crippen LogP contribution in [0.5, 0.6) is 5.75 Å². The van der Waals surface area contributed by atoms with Crippen molar-refractivity contribution in [3.05, 3.63) is 62.1 Å². The quantitative estimate of drug-likeness (QED) is 0.816. The van der Waals surface area contributed by atoms with Crippen LogP contribution in [-0.4, -0.2) is 14.2 Å². The van der Waals surface area contributed by atoms with Gasteiger partial charge in [0.05, 0.1) is 13.2 Å². The highest BCUT2D eigenvalue weighted by molar-refractivity contribution is 9.10. The molecule has 0 saturated carbocycles. The smallest absolute Gasteiger partial charge is 0.122 e. The second kappa shape index (κ2) is 6.82. The number of halogens is 2. The maximum absolute atomic E-state index is 6.41. The van der Waals surface area contributed by atoms with Crippen molar-refractivity contribution in [2.24, 2.45) is 0 Å². The van der Waals surface area contributed by atoms with Gasteiger partial charge in [-0.2, -0.15) is 0 Å². The van der Waals surface area contributed by atoms with E-state index in [0.717, 1.165) is 26.4 Å². The Balaban J connectivity index is 2.53. The fourth-order valence-electron chi connectivity index (χ4n) is 2.56. The van der Waals surface area contributed by atoms with Crippen molar-refractivity contribution in [3.8, 4) is 5.75 Å². The summed E-state index contributed by atoms with van der Waals surface area (Å²) in [5, 5.41) is 4.11. The van der Waals surface area contributed by atoms with Crippen molar-refractivity contribution in [2.45, 2.75) is 19.9 Å². The number of methoxy groups -OCH3 is 1. The van der Waals surface area contributed by atoms with Gasteiger partial charge in [-0.3, -0.25) is 0 Å². The van der Waals surface area contributed by atoms with Gasteiger partial charge < -0.3 is 10.1 Å². The standard InChI is InChI=1S/C17H19BrClNO/c1-10-8-16(21-4)11(2)7-14(10)17(20-3)13-6-5-12(18)9-15(13)19/h5-9,17,20H,1-4H3. The second-order valence-electron chi connectivity index (χ2n) is 5.07. The third-order valence-corrected chi connectivity index (χ3v) is 4.48. The Morgan fingerprint density at radius 2 is 1.81 bits per heavy atom. The van der Waals surface area contributed by atoms with Crippen LogP contribution < -0.4 is 10.1 Å². The molecule has 21 heavy (non-hydrogen) atoms. The molecule has 2 aromatic rings. The molecule has 0 saturated heterocycles. The van der Waals surface area contributed by atoms with Gasteiger partial charge in [-0.15, -0.1) is 0 Å². The Morgan fingerprint density at radius 1 is 1.10 bits per heavy atom. The van der Waals surface area contributed by atoms with Crippen molar-refractivity contribution in [1.29, 1.82) is 0 Å². The van der Waals surface area contributed by atoms with Crippen molar-refractivity contribution >= 4 is 27.5 Å². The average Bonchev–Trinajstić information content (AvgIpc) is 2.45. The van der Waals surface area contributed by atoms with Gasteiger partial charge in [0.15, 0.2) is 0 Å². The highest BCUT2D eigenvalue weighted by atomic mass is 79.9. The van der Waals surface area contributed by atoms with E-state index >= 15 is 0 Å². The minimum atomic E-state index is 0.0511. The minimum absolute atomic E-state index is 0.0511. The Kier molecular flexibility index (Phi) is 5.31. The van der Waals surface area contributed by atoms with Gasteiger partial charge >= 0.3 is 0 Å². The van der Waals surface area contributed by atoms with Gasteiger partial charge in [0.25, 0.3) is 0 Å². The van der Waals surface area contributed by atoms with Crippen molar-refractivity contribution in [3.63, 3.8) is 0 Å². The van der Waals surface area contributed by atoms with Crippen LogP contribution in [0.4, 0.5) is 0 Å². The fraction of sp³-hybridized carbons (Fsp3) is 0.294. The van der Waals surface area contributed by atoms with Crippen LogP contribution in [0.25, 0.3) is 0 Å². The number of hydrogen-bond acceptors (Lipinski definition) is 2. The molecule has 0 bridgehead atoms. The van der Waals surface area contributed by atoms with E-state index in [-0.39, 0.29) is 6.04 Å². The van der Waals surface area contributed by atoms with Gasteiger partial charge in [0.2, 0.25) is 0 Å². The van der Waals surface area contributed by atoms with Crippen LogP contribution in [-0.2, 0) is 0 Å². The van der Waals surface area contributed by atoms with Crippen LogP contribution in [0.1, 0.15) is 28.3 Å². The average molecular weight is 369 g/mol. The predicted molar refractivity (Wildman–Crippen MR) is 92.5 cm³/mol. The summed E-state index contributed by atoms with van der Waals surface area (Å²) in [6, 6.07) is 10.3. The fourth-order valence-corrected chi connectivity index (χ4v) is 3.34. The largest absolute Gasteiger partial charge is 0.496 e. The van der Waals surface area contributed by atoms with Gasteiger partial charge in [-0.05, 0) is 61.3 Å². The van der Waals surface area contributed by atoms with Crippen LogP contribution in [0.2, 0.25) is 5.02 Å². The molecule has 0 aliphatic heterocycles. The molecule has 1 unspecified atom stereocenters. The molecule has 1 atom stereocenters. The minimum Gasteiger partial charge on any atom is -0.496 e. The van der Waals surface area contributed by atoms with E-state index in [1.165, 1.54) is 11.1 Å². The summed E-state index contributed by atoms with van der Waals surface area (Å²) in [6.45, 7) is 4.14. The lowest BCUT2D eigenvalue weighted by atomic mass is 9.93. The summed E-state index contributed by atoms with van der Waals surface area (Å²) in [5.41, 5.74) is 4.57. The van der Waals surface area contributed by atoms with Crippen LogP contribution >= 0.6 is 27.5 Å². The van der Waals surface area contributed by atoms with Crippen molar-refractivity contribution in [2.75, 3.05) is 14.2 Å². The topological polar surface area (TPSA) is 21.3 Å². The SMILES string of the molecule is CNC(c1cc(C)c(OC)cc1C)c1ccc(Br)cc1Cl. The molecule has 0 radical (unpaired) electrons. The molecular weight excluding hydrogens is 350 g/mol. The lowest BCUT2D eigenvalue weighted by molar-refractivity contribution is 0.411. The molecule has 0 heterocycles. The van der Waals surface area contributed by atoms with Crippen molar-refractivity contribution < 1.29 is 4.74 Å². The summed E-state index contributed by atoms with van der Waals surface area (Å²) in [7, 11) is 3.64. The molecule has 0 amide bonds. The van der Waals surface area contributed by atoms with Gasteiger partial charge in [0, 0.05) is 9.50 Å². The maximum atomic E-state index is 6.41. The third kappa shape index (κ3) is 3.42. The number of benzene rings is 2. The van der Waals surface area contributed by atoms with Gasteiger partial charge in [-0.25, -0.2) is 0 Å². The second-order valence-corrected chi connectivity index (χ2v) is 6.39. The molecule has 0 aliphatic rings. The lowest BCUT2D eigenvalue weighted by Crippen LogP contribution is -2.19. The van der Waals surface area contributed by atoms with Crippen LogP contribution in [0.15, 0.2) is 34.8 Å². The van der Waals surface area contributed by atoms with Gasteiger partial charge in [0.1, 0.15) is 5.75 Å². The first-order chi connectivity index (χ1) is 9.97. The molecule has 0 aromatic heterocycles. The van der Waals surface area contributed by atoms with E-state index < -0.39 is 0 Å². The monoisotopic (exact) mass is 367 g/mol. The zero-order chi connectivity index (χ0) is 15.6. The maximum Gasteiger partial charge on any atom is 0.122 e. The zero-order valence-corrected chi connectivity index (χ0v) is 15.0. The first-order valence-corrected chi connectivity index (χ1v) is 7.92. The molecule has 0 aliphatic carbocycles. The molecule has 1 N–H and O–H groups in total. The Labute approximate surface area is 139 Å². The number of nitrogens with one attached hydrogen (secondary N) is 1. The summed E-state index contributed by atoms with van der Waals surface area (Å²) in [5.74, 6) is 0.910. The predicted octanol–water partition coefficient (Wildman–Crippen LogP) is 5.04. The van der Waals surface area contributed by atoms with Gasteiger partial charge in [-0.1, -0.05) is 39.7 Å². The van der Waals surface area contributed by atoms with Crippen LogP contribution in [0, 0.1) is 13.8 Å². The highest BCUT2D eigenvalue weighted by Gasteiger charge is 2.18. The van der Waals surface area contributed by atoms with E-state index in [4.69, 9.17) is 16.3 Å². The zero-order valence-electron chi connectivity index (χ0n) is 12.6. The molecule has 0 spiro atoms. The Bertz CT molecular complexity index is 657. The Morgan fingerprint density at radius 3 is 2.38 bits per heavy atom. The molecular formula is C17H19BrClNO. The molecule has 2 nitrogen and oxygen atoms in total. The number of hydrogen-bond donors (Lipinski definition) is 1. The molecule has 2 rings (SSSR count). The molecule has 0 fully saturated rings. The van der Waals surface area contributed by atoms with E-state index in [1.54, 1.807) is 7.11 Å². The van der Waals surface area contributed by atoms with E-state index in [9.17, 15) is 0 Å². The van der Waals surface area contributed by atoms with E-state index in [2.05, 4.69) is 47.2 Å². The first kappa shape index (κ1) is 16.3. The summed E-state index contributed by atoms with van der Waals surface area (Å²) >= 11 is 9.86. The third-order valence-electron chi connectivity index (χ3n) is 3.66. The van der Waals surface area contributed by atoms with E-state index in [1.807, 2.05) is 25.2 Å². The summed E-state index contributed by atoms with van der Waals surface area (Å²) in [6.07, 6.45) is 0.